The summed E-state index contributed by atoms with van der Waals surface area (Å²) in [4.78, 5) is 17.7. The Morgan fingerprint density at radius 2 is 1.60 bits per heavy atom. The van der Waals surface area contributed by atoms with Crippen LogP contribution in [0.2, 0.25) is 0 Å². The third-order valence-corrected chi connectivity index (χ3v) is 6.78. The Hall–Kier alpha value is -3.99. The van der Waals surface area contributed by atoms with Crippen LogP contribution in [0.4, 0.5) is 18.9 Å². The first-order valence-electron chi connectivity index (χ1n) is 10.4. The topological polar surface area (TPSA) is 92.9 Å². The van der Waals surface area contributed by atoms with Gasteiger partial charge in [-0.05, 0) is 42.5 Å². The molecule has 2 aliphatic heterocycles. The quantitative estimate of drug-likeness (QED) is 0.382. The van der Waals surface area contributed by atoms with Gasteiger partial charge in [0.2, 0.25) is 12.6 Å². The van der Waals surface area contributed by atoms with Crippen LogP contribution in [0.1, 0.15) is 20.8 Å². The zero-order valence-corrected chi connectivity index (χ0v) is 18.6. The summed E-state index contributed by atoms with van der Waals surface area (Å²) >= 11 is 0.815. The number of pyridine rings is 1. The van der Waals surface area contributed by atoms with Gasteiger partial charge in [0.25, 0.3) is 0 Å². The molecule has 0 saturated carbocycles. The van der Waals surface area contributed by atoms with Crippen LogP contribution in [0.15, 0.2) is 42.5 Å². The number of anilines is 1. The molecule has 2 aromatic heterocycles. The van der Waals surface area contributed by atoms with Crippen molar-refractivity contribution in [3.8, 4) is 34.3 Å². The molecule has 0 aliphatic carbocycles. The summed E-state index contributed by atoms with van der Waals surface area (Å²) < 4.78 is 63.9. The molecule has 7 nitrogen and oxygen atoms in total. The third-order valence-electron chi connectivity index (χ3n) is 5.68. The van der Waals surface area contributed by atoms with E-state index in [0.717, 1.165) is 17.4 Å². The van der Waals surface area contributed by atoms with Crippen molar-refractivity contribution in [3.05, 3.63) is 58.5 Å². The molecule has 0 saturated heterocycles. The van der Waals surface area contributed by atoms with Gasteiger partial charge in [0.1, 0.15) is 22.9 Å². The number of hydrogen-bond donors (Lipinski definition) is 1. The molecule has 0 amide bonds. The fourth-order valence-corrected chi connectivity index (χ4v) is 5.11. The van der Waals surface area contributed by atoms with Gasteiger partial charge in [-0.15, -0.1) is 11.3 Å². The van der Waals surface area contributed by atoms with Gasteiger partial charge in [0, 0.05) is 16.5 Å². The van der Waals surface area contributed by atoms with Gasteiger partial charge in [-0.25, -0.2) is 4.98 Å². The molecule has 0 fully saturated rings. The number of hydrogen-bond acceptors (Lipinski definition) is 8. The van der Waals surface area contributed by atoms with Gasteiger partial charge < -0.3 is 24.7 Å². The van der Waals surface area contributed by atoms with E-state index in [1.54, 1.807) is 24.3 Å². The molecular formula is C24H15F3N2O5S. The van der Waals surface area contributed by atoms with Crippen molar-refractivity contribution >= 4 is 33.0 Å². The number of halogens is 3. The highest BCUT2D eigenvalue weighted by Gasteiger charge is 2.36. The first-order chi connectivity index (χ1) is 16.8. The number of alkyl halides is 3. The van der Waals surface area contributed by atoms with Crippen molar-refractivity contribution in [1.29, 1.82) is 0 Å². The van der Waals surface area contributed by atoms with Gasteiger partial charge in [-0.1, -0.05) is 0 Å². The van der Waals surface area contributed by atoms with Crippen molar-refractivity contribution < 1.29 is 36.9 Å². The average molecular weight is 500 g/mol. The number of nitrogens with zero attached hydrogens (tertiary/aromatic N) is 1. The van der Waals surface area contributed by atoms with Crippen molar-refractivity contribution in [3.63, 3.8) is 0 Å². The van der Waals surface area contributed by atoms with Gasteiger partial charge in [-0.2, -0.15) is 13.2 Å². The first kappa shape index (κ1) is 21.5. The number of aromatic nitrogens is 1. The molecule has 0 radical (unpaired) electrons. The summed E-state index contributed by atoms with van der Waals surface area (Å²) in [6.07, 6.45) is -4.72. The van der Waals surface area contributed by atoms with Crippen LogP contribution in [-0.4, -0.2) is 30.8 Å². The summed E-state index contributed by atoms with van der Waals surface area (Å²) in [6.45, 7) is 0.754. The molecule has 35 heavy (non-hydrogen) atoms. The second-order valence-electron chi connectivity index (χ2n) is 7.83. The number of carbonyl (C=O) groups is 1. The minimum absolute atomic E-state index is 0.00545. The number of carbonyl (C=O) groups excluding carboxylic acids is 1. The smallest absolute Gasteiger partial charge is 0.417 e. The number of ketones is 1. The summed E-state index contributed by atoms with van der Waals surface area (Å²) in [5, 5.41) is -0.298. The maximum Gasteiger partial charge on any atom is 0.417 e. The van der Waals surface area contributed by atoms with Gasteiger partial charge in [0.15, 0.2) is 23.0 Å². The molecule has 4 heterocycles. The summed E-state index contributed by atoms with van der Waals surface area (Å²) in [5.74, 6) is 1.27. The molecular weight excluding hydrogens is 485 g/mol. The molecule has 0 spiro atoms. The lowest BCUT2D eigenvalue weighted by Crippen LogP contribution is -2.16. The van der Waals surface area contributed by atoms with Gasteiger partial charge >= 0.3 is 6.18 Å². The van der Waals surface area contributed by atoms with Crippen LogP contribution >= 0.6 is 11.3 Å². The molecule has 4 aromatic rings. The Kier molecular flexibility index (Phi) is 4.78. The van der Waals surface area contributed by atoms with E-state index in [0.29, 0.717) is 41.8 Å². The van der Waals surface area contributed by atoms with Crippen molar-refractivity contribution in [1.82, 2.24) is 4.98 Å². The van der Waals surface area contributed by atoms with Crippen molar-refractivity contribution in [2.45, 2.75) is 6.18 Å². The minimum Gasteiger partial charge on any atom is -0.486 e. The van der Waals surface area contributed by atoms with E-state index in [4.69, 9.17) is 24.7 Å². The zero-order chi connectivity index (χ0) is 24.3. The molecule has 0 bridgehead atoms. The number of nitrogen functional groups attached to an aromatic ring is 1. The molecule has 11 heteroatoms. The van der Waals surface area contributed by atoms with Crippen LogP contribution in [0.5, 0.6) is 23.0 Å². The van der Waals surface area contributed by atoms with E-state index in [-0.39, 0.29) is 38.8 Å². The van der Waals surface area contributed by atoms with E-state index in [1.165, 1.54) is 12.1 Å². The maximum absolute atomic E-state index is 14.1. The molecule has 2 aliphatic rings. The van der Waals surface area contributed by atoms with E-state index >= 15 is 0 Å². The van der Waals surface area contributed by atoms with Crippen LogP contribution < -0.4 is 24.7 Å². The highest BCUT2D eigenvalue weighted by molar-refractivity contribution is 7.21. The van der Waals surface area contributed by atoms with E-state index in [2.05, 4.69) is 4.98 Å². The predicted octanol–water partition coefficient (Wildman–Crippen LogP) is 5.30. The van der Waals surface area contributed by atoms with E-state index in [1.807, 2.05) is 0 Å². The average Bonchev–Trinajstić information content (AvgIpc) is 3.46. The molecule has 6 rings (SSSR count). The molecule has 178 valence electrons. The predicted molar refractivity (Wildman–Crippen MR) is 121 cm³/mol. The number of rotatable bonds is 3. The largest absolute Gasteiger partial charge is 0.486 e. The molecule has 2 aromatic carbocycles. The molecule has 2 N–H and O–H groups in total. The lowest BCUT2D eigenvalue weighted by atomic mass is 10.0. The van der Waals surface area contributed by atoms with E-state index < -0.39 is 17.5 Å². The normalized spacial score (nSPS) is 14.4. The van der Waals surface area contributed by atoms with Crippen molar-refractivity contribution in [2.24, 2.45) is 0 Å². The van der Waals surface area contributed by atoms with Gasteiger partial charge in [0.05, 0.1) is 16.9 Å². The second kappa shape index (κ2) is 7.77. The first-order valence-corrected chi connectivity index (χ1v) is 11.3. The zero-order valence-electron chi connectivity index (χ0n) is 17.8. The maximum atomic E-state index is 14.1. The summed E-state index contributed by atoms with van der Waals surface area (Å²) in [7, 11) is 0. The fraction of sp³-hybridized carbons (Fsp3) is 0.167. The van der Waals surface area contributed by atoms with Crippen LogP contribution in [0.3, 0.4) is 0 Å². The minimum atomic E-state index is -4.72. The number of thiophene rings is 1. The van der Waals surface area contributed by atoms with Crippen LogP contribution in [-0.2, 0) is 6.18 Å². The summed E-state index contributed by atoms with van der Waals surface area (Å²) in [6, 6.07) is 10.3. The van der Waals surface area contributed by atoms with E-state index in [9.17, 15) is 18.0 Å². The highest BCUT2D eigenvalue weighted by atomic mass is 32.1. The summed E-state index contributed by atoms with van der Waals surface area (Å²) in [5.41, 5.74) is 5.60. The van der Waals surface area contributed by atoms with Crippen LogP contribution in [0, 0.1) is 0 Å². The standard InChI is InChI=1S/C24H15F3N2O5S/c25-24(26,27)13-9-14(11-1-3-16-18(7-11)34-10-33-16)29-23-19(13)20(28)22(35-23)21(30)12-2-4-15-17(8-12)32-6-5-31-15/h1-4,7-9H,5-6,10,28H2. The molecule has 0 unspecified atom stereocenters. The van der Waals surface area contributed by atoms with Gasteiger partial charge in [-0.3, -0.25) is 4.79 Å². The van der Waals surface area contributed by atoms with Crippen LogP contribution in [0.25, 0.3) is 21.5 Å². The Balaban J connectivity index is 1.49. The third kappa shape index (κ3) is 3.59. The lowest BCUT2D eigenvalue weighted by Gasteiger charge is -2.18. The fourth-order valence-electron chi connectivity index (χ4n) is 4.03. The Labute approximate surface area is 199 Å². The molecule has 0 atom stereocenters. The SMILES string of the molecule is Nc1c(C(=O)c2ccc3c(c2)OCCO3)sc2nc(-c3ccc4c(c3)OCO4)cc(C(F)(F)F)c12. The number of nitrogens with two attached hydrogens (primary N) is 1. The lowest BCUT2D eigenvalue weighted by molar-refractivity contribution is -0.136. The number of benzene rings is 2. The monoisotopic (exact) mass is 500 g/mol. The second-order valence-corrected chi connectivity index (χ2v) is 8.83. The Morgan fingerprint density at radius 3 is 2.40 bits per heavy atom. The Morgan fingerprint density at radius 1 is 0.914 bits per heavy atom. The van der Waals surface area contributed by atoms with Crippen molar-refractivity contribution in [2.75, 3.05) is 25.7 Å². The Bertz CT molecular complexity index is 1520. The number of fused-ring (bicyclic) bond motifs is 3. The highest BCUT2D eigenvalue weighted by Crippen LogP contribution is 2.45. The number of ether oxygens (including phenoxy) is 4.